The number of benzene rings is 1. The second kappa shape index (κ2) is 9.16. The van der Waals surface area contributed by atoms with Crippen LogP contribution in [0, 0.1) is 0 Å². The van der Waals surface area contributed by atoms with Crippen molar-refractivity contribution in [3.05, 3.63) is 47.3 Å². The molecule has 2 heterocycles. The van der Waals surface area contributed by atoms with Crippen LogP contribution in [0.1, 0.15) is 24.2 Å². The summed E-state index contributed by atoms with van der Waals surface area (Å²) in [6.07, 6.45) is -0.644. The van der Waals surface area contributed by atoms with Crippen molar-refractivity contribution in [3.8, 4) is 16.5 Å². The number of ketones is 1. The molecule has 3 rings (SSSR count). The molecule has 0 spiro atoms. The molecule has 1 aromatic carbocycles. The highest BCUT2D eigenvalue weighted by molar-refractivity contribution is 7.99. The Labute approximate surface area is 166 Å². The van der Waals surface area contributed by atoms with Crippen LogP contribution in [0.25, 0.3) is 10.7 Å². The lowest BCUT2D eigenvalue weighted by Crippen LogP contribution is -2.20. The van der Waals surface area contributed by atoms with Crippen LogP contribution in [0.3, 0.4) is 0 Å². The zero-order chi connectivity index (χ0) is 19.2. The van der Waals surface area contributed by atoms with Gasteiger partial charge >= 0.3 is 0 Å². The molecule has 0 aliphatic heterocycles. The summed E-state index contributed by atoms with van der Waals surface area (Å²) < 4.78 is 7.64. The number of carbonyl (C=O) groups is 1. The van der Waals surface area contributed by atoms with Gasteiger partial charge in [-0.25, -0.2) is 0 Å². The molecular formula is C19H21N3O3S2. The number of hydrogen-bond acceptors (Lipinski definition) is 7. The average molecular weight is 404 g/mol. The fourth-order valence-electron chi connectivity index (χ4n) is 2.47. The van der Waals surface area contributed by atoms with E-state index in [1.54, 1.807) is 35.6 Å². The van der Waals surface area contributed by atoms with E-state index >= 15 is 0 Å². The maximum absolute atomic E-state index is 11.3. The normalized spacial score (nSPS) is 12.1. The van der Waals surface area contributed by atoms with Gasteiger partial charge in [-0.1, -0.05) is 17.8 Å². The Morgan fingerprint density at radius 2 is 2.07 bits per heavy atom. The number of rotatable bonds is 9. The Morgan fingerprint density at radius 1 is 1.30 bits per heavy atom. The minimum Gasteiger partial charge on any atom is -0.491 e. The molecule has 2 aromatic heterocycles. The molecule has 0 saturated carbocycles. The molecule has 0 amide bonds. The van der Waals surface area contributed by atoms with Gasteiger partial charge in [-0.15, -0.1) is 21.5 Å². The number of aliphatic hydroxyl groups is 1. The van der Waals surface area contributed by atoms with Crippen molar-refractivity contribution in [1.82, 2.24) is 14.8 Å². The van der Waals surface area contributed by atoms with Crippen LogP contribution in [-0.4, -0.2) is 44.1 Å². The van der Waals surface area contributed by atoms with Crippen LogP contribution in [-0.2, 0) is 6.54 Å². The van der Waals surface area contributed by atoms with Gasteiger partial charge in [0.15, 0.2) is 16.8 Å². The first kappa shape index (κ1) is 19.6. The lowest BCUT2D eigenvalue weighted by atomic mass is 10.1. The van der Waals surface area contributed by atoms with Gasteiger partial charge in [0, 0.05) is 17.9 Å². The standard InChI is InChI=1S/C19H21N3O3S2/c1-3-22-18(17-5-4-10-26-17)20-21-19(22)27-12-15(24)11-25-16-8-6-14(7-9-16)13(2)23/h4-10,15,24H,3,11-12H2,1-2H3/t15-/m0/s1. The summed E-state index contributed by atoms with van der Waals surface area (Å²) in [7, 11) is 0. The van der Waals surface area contributed by atoms with E-state index in [2.05, 4.69) is 17.1 Å². The topological polar surface area (TPSA) is 77.2 Å². The third-order valence-corrected chi connectivity index (χ3v) is 5.86. The van der Waals surface area contributed by atoms with Crippen molar-refractivity contribution >= 4 is 28.9 Å². The van der Waals surface area contributed by atoms with Crippen LogP contribution in [0.4, 0.5) is 0 Å². The fraction of sp³-hybridized carbons (Fsp3) is 0.316. The maximum Gasteiger partial charge on any atom is 0.191 e. The second-order valence-corrected chi connectivity index (χ2v) is 7.82. The molecule has 1 N–H and O–H groups in total. The number of carbonyl (C=O) groups excluding carboxylic acids is 1. The molecule has 0 aliphatic carbocycles. The summed E-state index contributed by atoms with van der Waals surface area (Å²) >= 11 is 3.09. The molecule has 0 radical (unpaired) electrons. The lowest BCUT2D eigenvalue weighted by Gasteiger charge is -2.12. The van der Waals surface area contributed by atoms with Crippen LogP contribution < -0.4 is 4.74 Å². The first-order valence-electron chi connectivity index (χ1n) is 8.60. The number of thioether (sulfide) groups is 1. The number of aromatic nitrogens is 3. The van der Waals surface area contributed by atoms with Crippen molar-refractivity contribution < 1.29 is 14.6 Å². The highest BCUT2D eigenvalue weighted by Gasteiger charge is 2.15. The molecule has 0 bridgehead atoms. The first-order chi connectivity index (χ1) is 13.1. The van der Waals surface area contributed by atoms with Gasteiger partial charge in [0.1, 0.15) is 12.4 Å². The van der Waals surface area contributed by atoms with Gasteiger partial charge < -0.3 is 14.4 Å². The average Bonchev–Trinajstić information content (AvgIpc) is 3.33. The smallest absolute Gasteiger partial charge is 0.191 e. The minimum absolute atomic E-state index is 0.0138. The zero-order valence-corrected chi connectivity index (χ0v) is 16.8. The highest BCUT2D eigenvalue weighted by Crippen LogP contribution is 2.27. The van der Waals surface area contributed by atoms with Gasteiger partial charge in [0.05, 0.1) is 11.0 Å². The number of nitrogens with zero attached hydrogens (tertiary/aromatic N) is 3. The Balaban J connectivity index is 1.53. The van der Waals surface area contributed by atoms with E-state index in [-0.39, 0.29) is 12.4 Å². The van der Waals surface area contributed by atoms with E-state index in [4.69, 9.17) is 4.74 Å². The predicted molar refractivity (Wildman–Crippen MR) is 108 cm³/mol. The summed E-state index contributed by atoms with van der Waals surface area (Å²) in [6.45, 7) is 4.51. The summed E-state index contributed by atoms with van der Waals surface area (Å²) in [5.74, 6) is 1.95. The van der Waals surface area contributed by atoms with E-state index in [0.29, 0.717) is 17.1 Å². The molecule has 0 unspecified atom stereocenters. The van der Waals surface area contributed by atoms with Gasteiger partial charge in [-0.3, -0.25) is 4.79 Å². The Bertz CT molecular complexity index is 876. The monoisotopic (exact) mass is 403 g/mol. The molecular weight excluding hydrogens is 382 g/mol. The van der Waals surface area contributed by atoms with Crippen molar-refractivity contribution in [2.24, 2.45) is 0 Å². The number of aliphatic hydroxyl groups excluding tert-OH is 1. The number of Topliss-reactive ketones (excluding diaryl/α,β-unsaturated/α-hetero) is 1. The predicted octanol–water partition coefficient (Wildman–Crippen LogP) is 3.76. The van der Waals surface area contributed by atoms with Crippen LogP contribution in [0.15, 0.2) is 46.9 Å². The molecule has 3 aromatic rings. The van der Waals surface area contributed by atoms with Crippen molar-refractivity contribution in [2.75, 3.05) is 12.4 Å². The first-order valence-corrected chi connectivity index (χ1v) is 10.5. The number of thiophene rings is 1. The summed E-state index contributed by atoms with van der Waals surface area (Å²) in [5, 5.41) is 21.6. The quantitative estimate of drug-likeness (QED) is 0.433. The summed E-state index contributed by atoms with van der Waals surface area (Å²) in [6, 6.07) is 10.9. The van der Waals surface area contributed by atoms with Gasteiger partial charge in [-0.05, 0) is 49.6 Å². The van der Waals surface area contributed by atoms with Crippen molar-refractivity contribution in [2.45, 2.75) is 31.7 Å². The minimum atomic E-state index is -0.644. The number of ether oxygens (including phenoxy) is 1. The van der Waals surface area contributed by atoms with Crippen LogP contribution >= 0.6 is 23.1 Å². The third kappa shape index (κ3) is 4.97. The molecule has 1 atom stereocenters. The SMILES string of the molecule is CCn1c(SC[C@@H](O)COc2ccc(C(C)=O)cc2)nnc1-c1cccs1. The van der Waals surface area contributed by atoms with E-state index in [1.165, 1.54) is 18.7 Å². The van der Waals surface area contributed by atoms with Gasteiger partial charge in [0.2, 0.25) is 0 Å². The maximum atomic E-state index is 11.3. The molecule has 0 saturated heterocycles. The molecule has 142 valence electrons. The Morgan fingerprint density at radius 3 is 2.70 bits per heavy atom. The lowest BCUT2D eigenvalue weighted by molar-refractivity contribution is 0.101. The van der Waals surface area contributed by atoms with E-state index in [1.807, 2.05) is 22.1 Å². The van der Waals surface area contributed by atoms with Crippen molar-refractivity contribution in [3.63, 3.8) is 0 Å². The zero-order valence-electron chi connectivity index (χ0n) is 15.2. The molecule has 8 heteroatoms. The van der Waals surface area contributed by atoms with Crippen LogP contribution in [0.2, 0.25) is 0 Å². The Kier molecular flexibility index (Phi) is 6.65. The molecule has 27 heavy (non-hydrogen) atoms. The largest absolute Gasteiger partial charge is 0.491 e. The third-order valence-electron chi connectivity index (χ3n) is 3.88. The van der Waals surface area contributed by atoms with Crippen molar-refractivity contribution in [1.29, 1.82) is 0 Å². The van der Waals surface area contributed by atoms with E-state index in [9.17, 15) is 9.90 Å². The molecule has 6 nitrogen and oxygen atoms in total. The fourth-order valence-corrected chi connectivity index (χ4v) is 4.09. The van der Waals surface area contributed by atoms with E-state index in [0.717, 1.165) is 22.4 Å². The van der Waals surface area contributed by atoms with Crippen LogP contribution in [0.5, 0.6) is 5.75 Å². The van der Waals surface area contributed by atoms with Gasteiger partial charge in [-0.2, -0.15) is 0 Å². The highest BCUT2D eigenvalue weighted by atomic mass is 32.2. The molecule has 0 fully saturated rings. The second-order valence-electron chi connectivity index (χ2n) is 5.88. The summed E-state index contributed by atoms with van der Waals surface area (Å²) in [5.41, 5.74) is 0.638. The van der Waals surface area contributed by atoms with Gasteiger partial charge in [0.25, 0.3) is 0 Å². The summed E-state index contributed by atoms with van der Waals surface area (Å²) in [4.78, 5) is 12.4. The Hall–Kier alpha value is -2.16. The number of hydrogen-bond donors (Lipinski definition) is 1. The van der Waals surface area contributed by atoms with E-state index < -0.39 is 6.10 Å². The molecule has 0 aliphatic rings.